The molecule has 0 radical (unpaired) electrons. The summed E-state index contributed by atoms with van der Waals surface area (Å²) in [4.78, 5) is 0. The fourth-order valence-electron chi connectivity index (χ4n) is 2.50. The van der Waals surface area contributed by atoms with Crippen LogP contribution in [0.3, 0.4) is 0 Å². The third-order valence-electron chi connectivity index (χ3n) is 3.48. The van der Waals surface area contributed by atoms with Crippen LogP contribution in [0.1, 0.15) is 39.0 Å². The van der Waals surface area contributed by atoms with E-state index in [0.717, 1.165) is 11.7 Å². The molecule has 0 saturated heterocycles. The minimum absolute atomic E-state index is 0.440. The van der Waals surface area contributed by atoms with Gasteiger partial charge < -0.3 is 4.74 Å². The van der Waals surface area contributed by atoms with E-state index < -0.39 is 0 Å². The molecule has 88 valence electrons. The van der Waals surface area contributed by atoms with Crippen molar-refractivity contribution < 1.29 is 4.74 Å². The summed E-state index contributed by atoms with van der Waals surface area (Å²) in [5.74, 6) is 1.82. The van der Waals surface area contributed by atoms with Gasteiger partial charge in [0.2, 0.25) is 0 Å². The van der Waals surface area contributed by atoms with E-state index in [2.05, 4.69) is 53.8 Å². The molecule has 0 N–H and O–H groups in total. The molecule has 16 heavy (non-hydrogen) atoms. The number of para-hydroxylation sites is 1. The Hall–Kier alpha value is -0.250. The van der Waals surface area contributed by atoms with E-state index in [1.54, 1.807) is 0 Å². The Morgan fingerprint density at radius 3 is 2.75 bits per heavy atom. The largest absolute Gasteiger partial charge is 0.489 e. The Morgan fingerprint density at radius 1 is 1.25 bits per heavy atom. The maximum atomic E-state index is 6.18. The first-order chi connectivity index (χ1) is 7.81. The SMILES string of the molecule is CCC1CCCCC1Oc1ccccc1I. The molecule has 0 bridgehead atoms. The van der Waals surface area contributed by atoms with Crippen molar-refractivity contribution in [2.45, 2.75) is 45.1 Å². The summed E-state index contributed by atoms with van der Waals surface area (Å²) in [6, 6.07) is 8.32. The van der Waals surface area contributed by atoms with Crippen LogP contribution in [0, 0.1) is 9.49 Å². The topological polar surface area (TPSA) is 9.23 Å². The molecule has 1 saturated carbocycles. The smallest absolute Gasteiger partial charge is 0.133 e. The van der Waals surface area contributed by atoms with E-state index in [1.165, 1.54) is 35.7 Å². The third-order valence-corrected chi connectivity index (χ3v) is 4.37. The molecule has 2 unspecified atom stereocenters. The molecule has 2 heteroatoms. The zero-order chi connectivity index (χ0) is 11.4. The molecular weight excluding hydrogens is 311 g/mol. The van der Waals surface area contributed by atoms with Crippen LogP contribution in [0.25, 0.3) is 0 Å². The normalized spacial score (nSPS) is 25.4. The van der Waals surface area contributed by atoms with E-state index in [1.807, 2.05) is 0 Å². The fraction of sp³-hybridized carbons (Fsp3) is 0.571. The molecule has 0 amide bonds. The van der Waals surface area contributed by atoms with E-state index >= 15 is 0 Å². The van der Waals surface area contributed by atoms with Crippen LogP contribution < -0.4 is 4.74 Å². The predicted octanol–water partition coefficient (Wildman–Crippen LogP) is 4.64. The van der Waals surface area contributed by atoms with Crippen molar-refractivity contribution in [1.82, 2.24) is 0 Å². The number of halogens is 1. The van der Waals surface area contributed by atoms with Gasteiger partial charge in [0.1, 0.15) is 11.9 Å². The average molecular weight is 330 g/mol. The Kier molecular flexibility index (Phi) is 4.50. The van der Waals surface area contributed by atoms with Gasteiger partial charge in [-0.05, 0) is 66.3 Å². The number of hydrogen-bond donors (Lipinski definition) is 0. The van der Waals surface area contributed by atoms with Crippen molar-refractivity contribution in [2.75, 3.05) is 0 Å². The number of ether oxygens (including phenoxy) is 1. The summed E-state index contributed by atoms with van der Waals surface area (Å²) >= 11 is 2.35. The molecule has 1 aliphatic carbocycles. The Bertz CT molecular complexity index is 337. The summed E-state index contributed by atoms with van der Waals surface area (Å²) in [5, 5.41) is 0. The van der Waals surface area contributed by atoms with Crippen molar-refractivity contribution in [3.8, 4) is 5.75 Å². The average Bonchev–Trinajstić information content (AvgIpc) is 2.33. The van der Waals surface area contributed by atoms with Crippen LogP contribution in [-0.4, -0.2) is 6.10 Å². The van der Waals surface area contributed by atoms with Gasteiger partial charge in [-0.15, -0.1) is 0 Å². The van der Waals surface area contributed by atoms with Gasteiger partial charge in [0.05, 0.1) is 3.57 Å². The third kappa shape index (κ3) is 2.90. The van der Waals surface area contributed by atoms with Gasteiger partial charge >= 0.3 is 0 Å². The Morgan fingerprint density at radius 2 is 2.00 bits per heavy atom. The highest BCUT2D eigenvalue weighted by atomic mass is 127. The van der Waals surface area contributed by atoms with Crippen LogP contribution in [0.5, 0.6) is 5.75 Å². The quantitative estimate of drug-likeness (QED) is 0.734. The van der Waals surface area contributed by atoms with E-state index in [-0.39, 0.29) is 0 Å². The van der Waals surface area contributed by atoms with Gasteiger partial charge in [-0.2, -0.15) is 0 Å². The first-order valence-corrected chi connectivity index (χ1v) is 7.30. The van der Waals surface area contributed by atoms with Crippen LogP contribution >= 0.6 is 22.6 Å². The van der Waals surface area contributed by atoms with E-state index in [4.69, 9.17) is 4.74 Å². The highest BCUT2D eigenvalue weighted by Gasteiger charge is 2.25. The Balaban J connectivity index is 2.05. The van der Waals surface area contributed by atoms with Gasteiger partial charge in [-0.1, -0.05) is 25.5 Å². The molecule has 2 atom stereocenters. The molecule has 0 aromatic heterocycles. The van der Waals surface area contributed by atoms with Crippen molar-refractivity contribution in [3.05, 3.63) is 27.8 Å². The molecule has 1 aromatic carbocycles. The molecule has 1 nitrogen and oxygen atoms in total. The highest BCUT2D eigenvalue weighted by molar-refractivity contribution is 14.1. The first kappa shape index (κ1) is 12.2. The number of benzene rings is 1. The van der Waals surface area contributed by atoms with Crippen LogP contribution in [0.2, 0.25) is 0 Å². The second kappa shape index (κ2) is 5.89. The predicted molar refractivity (Wildman–Crippen MR) is 75.8 cm³/mol. The lowest BCUT2D eigenvalue weighted by molar-refractivity contribution is 0.0895. The molecule has 0 spiro atoms. The van der Waals surface area contributed by atoms with Crippen molar-refractivity contribution in [2.24, 2.45) is 5.92 Å². The minimum Gasteiger partial charge on any atom is -0.489 e. The zero-order valence-corrected chi connectivity index (χ0v) is 11.9. The summed E-state index contributed by atoms with van der Waals surface area (Å²) in [6.07, 6.45) is 6.95. The summed E-state index contributed by atoms with van der Waals surface area (Å²) in [7, 11) is 0. The molecule has 0 aliphatic heterocycles. The van der Waals surface area contributed by atoms with Crippen LogP contribution in [-0.2, 0) is 0 Å². The summed E-state index contributed by atoms with van der Waals surface area (Å²) in [6.45, 7) is 2.28. The highest BCUT2D eigenvalue weighted by Crippen LogP contribution is 2.31. The van der Waals surface area contributed by atoms with Gasteiger partial charge in [-0.3, -0.25) is 0 Å². The molecule has 2 rings (SSSR count). The molecule has 0 heterocycles. The maximum absolute atomic E-state index is 6.18. The second-order valence-electron chi connectivity index (χ2n) is 4.54. The van der Waals surface area contributed by atoms with Gasteiger partial charge in [0.25, 0.3) is 0 Å². The maximum Gasteiger partial charge on any atom is 0.133 e. The fourth-order valence-corrected chi connectivity index (χ4v) is 3.01. The zero-order valence-electron chi connectivity index (χ0n) is 9.79. The Labute approximate surface area is 112 Å². The minimum atomic E-state index is 0.440. The van der Waals surface area contributed by atoms with Crippen molar-refractivity contribution >= 4 is 22.6 Å². The van der Waals surface area contributed by atoms with E-state index in [0.29, 0.717) is 6.10 Å². The monoisotopic (exact) mass is 330 g/mol. The van der Waals surface area contributed by atoms with E-state index in [9.17, 15) is 0 Å². The second-order valence-corrected chi connectivity index (χ2v) is 5.70. The molecule has 1 aliphatic rings. The molecule has 1 aromatic rings. The summed E-state index contributed by atoms with van der Waals surface area (Å²) in [5.41, 5.74) is 0. The standard InChI is InChI=1S/C14H19IO/c1-2-11-7-3-5-9-13(11)16-14-10-6-4-8-12(14)15/h4,6,8,10-11,13H,2-3,5,7,9H2,1H3. The van der Waals surface area contributed by atoms with Crippen LogP contribution in [0.15, 0.2) is 24.3 Å². The van der Waals surface area contributed by atoms with Gasteiger partial charge in [0, 0.05) is 0 Å². The van der Waals surface area contributed by atoms with Gasteiger partial charge in [-0.25, -0.2) is 0 Å². The lowest BCUT2D eigenvalue weighted by atomic mass is 9.85. The lowest BCUT2D eigenvalue weighted by Crippen LogP contribution is -2.30. The first-order valence-electron chi connectivity index (χ1n) is 6.22. The molecular formula is C14H19IO. The molecule has 1 fully saturated rings. The summed E-state index contributed by atoms with van der Waals surface area (Å²) < 4.78 is 7.40. The lowest BCUT2D eigenvalue weighted by Gasteiger charge is -2.31. The van der Waals surface area contributed by atoms with Crippen molar-refractivity contribution in [1.29, 1.82) is 0 Å². The number of rotatable bonds is 3. The van der Waals surface area contributed by atoms with Crippen molar-refractivity contribution in [3.63, 3.8) is 0 Å². The van der Waals surface area contributed by atoms with Gasteiger partial charge in [0.15, 0.2) is 0 Å². The number of hydrogen-bond acceptors (Lipinski definition) is 1. The van der Waals surface area contributed by atoms with Crippen LogP contribution in [0.4, 0.5) is 0 Å².